The lowest BCUT2D eigenvalue weighted by Crippen LogP contribution is -2.33. The fourth-order valence-corrected chi connectivity index (χ4v) is 7.20. The molecule has 0 spiro atoms. The lowest BCUT2D eigenvalue weighted by Gasteiger charge is -2.42. The molecule has 38 heavy (non-hydrogen) atoms. The summed E-state index contributed by atoms with van der Waals surface area (Å²) in [5.74, 6) is 4.02. The first-order valence-electron chi connectivity index (χ1n) is 16.3. The number of fused-ring (bicyclic) bond motifs is 1. The van der Waals surface area contributed by atoms with E-state index in [1.807, 2.05) is 0 Å². The summed E-state index contributed by atoms with van der Waals surface area (Å²) in [5.41, 5.74) is 5.52. The molecule has 0 amide bonds. The molecule has 0 N–H and O–H groups in total. The van der Waals surface area contributed by atoms with Crippen LogP contribution in [0.15, 0.2) is 60.3 Å². The first kappa shape index (κ1) is 32.9. The number of unbranched alkanes of at least 4 members (excludes halogenated alkanes) is 1. The van der Waals surface area contributed by atoms with Gasteiger partial charge in [-0.2, -0.15) is 0 Å². The zero-order chi connectivity index (χ0) is 28.3. The van der Waals surface area contributed by atoms with Crippen molar-refractivity contribution in [2.24, 2.45) is 40.4 Å². The SMILES string of the molecule is C=CCCCC1CC/C(=C/C=C2\CCCC3(C)C(CCC=CC(C)(C)C)CCC23)C(=C)C1C.CCC(C)C. The van der Waals surface area contributed by atoms with Gasteiger partial charge in [-0.05, 0) is 129 Å². The molecule has 0 heterocycles. The van der Waals surface area contributed by atoms with Crippen LogP contribution >= 0.6 is 0 Å². The highest BCUT2D eigenvalue weighted by Gasteiger charge is 2.48. The molecule has 3 fully saturated rings. The summed E-state index contributed by atoms with van der Waals surface area (Å²) in [6.45, 7) is 27.0. The van der Waals surface area contributed by atoms with Gasteiger partial charge in [0, 0.05) is 0 Å². The predicted molar refractivity (Wildman–Crippen MR) is 172 cm³/mol. The third-order valence-corrected chi connectivity index (χ3v) is 10.2. The quantitative estimate of drug-likeness (QED) is 0.209. The molecule has 0 aromatic rings. The maximum Gasteiger partial charge on any atom is -0.0143 e. The zero-order valence-corrected chi connectivity index (χ0v) is 26.9. The van der Waals surface area contributed by atoms with E-state index >= 15 is 0 Å². The van der Waals surface area contributed by atoms with Crippen LogP contribution in [0.3, 0.4) is 0 Å². The van der Waals surface area contributed by atoms with Crippen molar-refractivity contribution in [2.45, 2.75) is 139 Å². The van der Waals surface area contributed by atoms with Gasteiger partial charge in [-0.1, -0.05) is 104 Å². The minimum absolute atomic E-state index is 0.308. The first-order chi connectivity index (χ1) is 17.9. The highest BCUT2D eigenvalue weighted by atomic mass is 14.5. The van der Waals surface area contributed by atoms with E-state index in [4.69, 9.17) is 0 Å². The minimum atomic E-state index is 0.308. The van der Waals surface area contributed by atoms with Gasteiger partial charge >= 0.3 is 0 Å². The summed E-state index contributed by atoms with van der Waals surface area (Å²) >= 11 is 0. The summed E-state index contributed by atoms with van der Waals surface area (Å²) < 4.78 is 0. The minimum Gasteiger partial charge on any atom is -0.103 e. The van der Waals surface area contributed by atoms with E-state index in [9.17, 15) is 0 Å². The van der Waals surface area contributed by atoms with E-state index in [-0.39, 0.29) is 0 Å². The average molecular weight is 521 g/mol. The number of hydrogen-bond donors (Lipinski definition) is 0. The van der Waals surface area contributed by atoms with Crippen molar-refractivity contribution >= 4 is 0 Å². The molecule has 3 aliphatic rings. The molecule has 0 aliphatic heterocycles. The molecule has 0 aromatic carbocycles. The van der Waals surface area contributed by atoms with Crippen LogP contribution in [0, 0.1) is 40.4 Å². The second-order valence-corrected chi connectivity index (χ2v) is 14.6. The zero-order valence-electron chi connectivity index (χ0n) is 26.9. The molecule has 0 heteroatoms. The molecule has 0 bridgehead atoms. The van der Waals surface area contributed by atoms with E-state index in [0.29, 0.717) is 16.7 Å². The van der Waals surface area contributed by atoms with Crippen molar-refractivity contribution in [1.29, 1.82) is 0 Å². The van der Waals surface area contributed by atoms with Gasteiger partial charge in [0.2, 0.25) is 0 Å². The molecular weight excluding hydrogens is 456 g/mol. The van der Waals surface area contributed by atoms with Gasteiger partial charge in [-0.25, -0.2) is 0 Å². The van der Waals surface area contributed by atoms with Crippen molar-refractivity contribution in [1.82, 2.24) is 0 Å². The molecule has 216 valence electrons. The highest BCUT2D eigenvalue weighted by molar-refractivity contribution is 5.37. The largest absolute Gasteiger partial charge is 0.103 e. The molecule has 5 atom stereocenters. The van der Waals surface area contributed by atoms with E-state index in [2.05, 4.69) is 98.9 Å². The fourth-order valence-electron chi connectivity index (χ4n) is 7.20. The van der Waals surface area contributed by atoms with Gasteiger partial charge in [-0.3, -0.25) is 0 Å². The van der Waals surface area contributed by atoms with Crippen LogP contribution in [0.1, 0.15) is 139 Å². The Labute approximate surface area is 239 Å². The van der Waals surface area contributed by atoms with Crippen LogP contribution in [-0.2, 0) is 0 Å². The molecule has 0 aromatic heterocycles. The summed E-state index contributed by atoms with van der Waals surface area (Å²) in [6.07, 6.45) is 29.1. The Morgan fingerprint density at radius 2 is 1.74 bits per heavy atom. The highest BCUT2D eigenvalue weighted by Crippen LogP contribution is 2.58. The van der Waals surface area contributed by atoms with E-state index < -0.39 is 0 Å². The van der Waals surface area contributed by atoms with Crippen LogP contribution < -0.4 is 0 Å². The Hall–Kier alpha value is -1.30. The molecule has 3 saturated carbocycles. The first-order valence-corrected chi connectivity index (χ1v) is 16.3. The molecular formula is C38H64. The molecule has 3 aliphatic carbocycles. The number of allylic oxidation sites excluding steroid dienone is 8. The Bertz CT molecular complexity index is 825. The third-order valence-electron chi connectivity index (χ3n) is 10.2. The fraction of sp³-hybridized carbons (Fsp3) is 0.737. The van der Waals surface area contributed by atoms with Gasteiger partial charge < -0.3 is 0 Å². The lowest BCUT2D eigenvalue weighted by molar-refractivity contribution is 0.130. The Morgan fingerprint density at radius 3 is 2.37 bits per heavy atom. The monoisotopic (exact) mass is 521 g/mol. The van der Waals surface area contributed by atoms with Gasteiger partial charge in [0.1, 0.15) is 0 Å². The summed E-state index contributed by atoms with van der Waals surface area (Å²) in [6, 6.07) is 0. The van der Waals surface area contributed by atoms with Crippen molar-refractivity contribution < 1.29 is 0 Å². The van der Waals surface area contributed by atoms with E-state index in [1.54, 1.807) is 5.57 Å². The Morgan fingerprint density at radius 1 is 1.03 bits per heavy atom. The van der Waals surface area contributed by atoms with Crippen molar-refractivity contribution in [3.63, 3.8) is 0 Å². The molecule has 3 rings (SSSR count). The number of hydrogen-bond acceptors (Lipinski definition) is 0. The molecule has 5 unspecified atom stereocenters. The topological polar surface area (TPSA) is 0 Å². The standard InChI is InChI=1S/C33H52.C5H12/c1-8-9-10-14-27-17-18-28(26(3)25(27)2)19-20-29-15-13-24-33(7)30(21-22-31(29)33)16-11-12-23-32(4,5)6;1-4-5(2)3/h8,12,19-20,23,25,27,30-31H,1,3,9-11,13-18,21-22,24H2,2,4-7H3;5H,4H2,1-3H3/b23-12?,28-19-,29-20+;. The van der Waals surface area contributed by atoms with Crippen LogP contribution in [-0.4, -0.2) is 0 Å². The summed E-state index contributed by atoms with van der Waals surface area (Å²) in [4.78, 5) is 0. The second kappa shape index (κ2) is 15.5. The Balaban J connectivity index is 0.000000926. The normalized spacial score (nSPS) is 32.1. The lowest BCUT2D eigenvalue weighted by atomic mass is 9.62. The van der Waals surface area contributed by atoms with E-state index in [1.165, 1.54) is 88.2 Å². The van der Waals surface area contributed by atoms with Crippen LogP contribution in [0.4, 0.5) is 0 Å². The van der Waals surface area contributed by atoms with Crippen molar-refractivity contribution in [3.8, 4) is 0 Å². The summed E-state index contributed by atoms with van der Waals surface area (Å²) in [5, 5.41) is 0. The van der Waals surface area contributed by atoms with Crippen molar-refractivity contribution in [3.05, 3.63) is 60.3 Å². The van der Waals surface area contributed by atoms with Gasteiger partial charge in [0.05, 0.1) is 0 Å². The maximum atomic E-state index is 4.55. The van der Waals surface area contributed by atoms with E-state index in [0.717, 1.165) is 30.1 Å². The van der Waals surface area contributed by atoms with Crippen LogP contribution in [0.2, 0.25) is 0 Å². The average Bonchev–Trinajstić information content (AvgIpc) is 3.20. The molecule has 0 saturated heterocycles. The van der Waals surface area contributed by atoms with Gasteiger partial charge in [0.15, 0.2) is 0 Å². The number of rotatable bonds is 9. The van der Waals surface area contributed by atoms with Gasteiger partial charge in [0.25, 0.3) is 0 Å². The molecule has 0 nitrogen and oxygen atoms in total. The summed E-state index contributed by atoms with van der Waals surface area (Å²) in [7, 11) is 0. The molecule has 0 radical (unpaired) electrons. The third kappa shape index (κ3) is 9.71. The van der Waals surface area contributed by atoms with Gasteiger partial charge in [-0.15, -0.1) is 6.58 Å². The van der Waals surface area contributed by atoms with Crippen LogP contribution in [0.25, 0.3) is 0 Å². The Kier molecular flexibility index (Phi) is 13.4. The van der Waals surface area contributed by atoms with Crippen LogP contribution in [0.5, 0.6) is 0 Å². The predicted octanol–water partition coefficient (Wildman–Crippen LogP) is 12.4. The second-order valence-electron chi connectivity index (χ2n) is 14.6. The maximum absolute atomic E-state index is 4.55. The smallest absolute Gasteiger partial charge is 0.0143 e. The van der Waals surface area contributed by atoms with Crippen molar-refractivity contribution in [2.75, 3.05) is 0 Å².